The summed E-state index contributed by atoms with van der Waals surface area (Å²) in [6.45, 7) is 7.32. The van der Waals surface area contributed by atoms with E-state index in [1.807, 2.05) is 26.8 Å². The first kappa shape index (κ1) is 20.8. The lowest BCUT2D eigenvalue weighted by Crippen LogP contribution is -2.30. The summed E-state index contributed by atoms with van der Waals surface area (Å²) >= 11 is 5.91. The highest BCUT2D eigenvalue weighted by Gasteiger charge is 2.19. The average molecular weight is 415 g/mol. The predicted octanol–water partition coefficient (Wildman–Crippen LogP) is 3.81. The molecule has 0 saturated carbocycles. The minimum Gasteiger partial charge on any atom is -0.453 e. The van der Waals surface area contributed by atoms with Gasteiger partial charge >= 0.3 is 5.97 Å². The molecule has 0 saturated heterocycles. The Hall–Kier alpha value is -2.93. The lowest BCUT2D eigenvalue weighted by atomic mass is 10.1. The molecule has 1 amide bonds. The summed E-state index contributed by atoms with van der Waals surface area (Å²) in [6, 6.07) is 8.69. The van der Waals surface area contributed by atoms with Gasteiger partial charge in [-0.25, -0.2) is 9.50 Å². The van der Waals surface area contributed by atoms with E-state index in [-0.39, 0.29) is 6.42 Å². The van der Waals surface area contributed by atoms with Crippen LogP contribution in [0, 0.1) is 20.8 Å². The number of nitrogens with one attached hydrogen (secondary N) is 1. The third-order valence-corrected chi connectivity index (χ3v) is 4.87. The number of esters is 1. The molecule has 8 heteroatoms. The number of rotatable bonds is 6. The van der Waals surface area contributed by atoms with Gasteiger partial charge in [-0.1, -0.05) is 17.7 Å². The lowest BCUT2D eigenvalue weighted by molar-refractivity contribution is -0.153. The molecule has 3 rings (SSSR count). The molecule has 152 valence electrons. The van der Waals surface area contributed by atoms with E-state index in [4.69, 9.17) is 16.3 Å². The SMILES string of the molecule is Cc1cc2nc(C)c(CCC(=O)O[C@H](C)C(=O)Nc3cccc(Cl)c3)c(C)n2n1. The number of anilines is 1. The molecule has 2 aromatic heterocycles. The normalized spacial score (nSPS) is 12.0. The number of nitrogens with zero attached hydrogens (tertiary/aromatic N) is 3. The minimum atomic E-state index is -0.918. The second-order valence-corrected chi connectivity index (χ2v) is 7.39. The highest BCUT2D eigenvalue weighted by molar-refractivity contribution is 6.30. The van der Waals surface area contributed by atoms with E-state index in [2.05, 4.69) is 15.4 Å². The topological polar surface area (TPSA) is 85.6 Å². The molecule has 29 heavy (non-hydrogen) atoms. The van der Waals surface area contributed by atoms with Crippen molar-refractivity contribution < 1.29 is 14.3 Å². The van der Waals surface area contributed by atoms with Gasteiger partial charge in [-0.3, -0.25) is 9.59 Å². The molecular weight excluding hydrogens is 392 g/mol. The highest BCUT2D eigenvalue weighted by Crippen LogP contribution is 2.18. The zero-order valence-electron chi connectivity index (χ0n) is 16.8. The molecule has 1 atom stereocenters. The van der Waals surface area contributed by atoms with Gasteiger partial charge in [-0.05, 0) is 57.9 Å². The molecular formula is C21H23ClN4O3. The van der Waals surface area contributed by atoms with Crippen LogP contribution in [-0.4, -0.2) is 32.6 Å². The Bertz CT molecular complexity index is 1080. The van der Waals surface area contributed by atoms with Crippen LogP contribution < -0.4 is 5.32 Å². The Balaban J connectivity index is 1.59. The third-order valence-electron chi connectivity index (χ3n) is 4.63. The van der Waals surface area contributed by atoms with Gasteiger partial charge in [0.1, 0.15) is 0 Å². The number of aryl methyl sites for hydroxylation is 3. The van der Waals surface area contributed by atoms with E-state index < -0.39 is 18.0 Å². The summed E-state index contributed by atoms with van der Waals surface area (Å²) in [4.78, 5) is 29.1. The van der Waals surface area contributed by atoms with Crippen LogP contribution in [0.4, 0.5) is 5.69 Å². The molecule has 2 heterocycles. The zero-order valence-corrected chi connectivity index (χ0v) is 17.6. The minimum absolute atomic E-state index is 0.143. The van der Waals surface area contributed by atoms with E-state index in [1.54, 1.807) is 28.8 Å². The standard InChI is InChI=1S/C21H23ClN4O3/c1-12-10-19-23-13(2)18(14(3)26(19)25-12)8-9-20(27)29-15(4)21(28)24-17-7-5-6-16(22)11-17/h5-7,10-11,15H,8-9H2,1-4H3,(H,24,28)/t15-/m1/s1. The molecule has 0 spiro atoms. The van der Waals surface area contributed by atoms with Crippen molar-refractivity contribution in [2.45, 2.75) is 46.6 Å². The Morgan fingerprint density at radius 2 is 2.00 bits per heavy atom. The number of fused-ring (bicyclic) bond motifs is 1. The van der Waals surface area contributed by atoms with E-state index in [0.717, 1.165) is 28.3 Å². The molecule has 0 radical (unpaired) electrons. The zero-order chi connectivity index (χ0) is 21.1. The van der Waals surface area contributed by atoms with Crippen molar-refractivity contribution in [1.29, 1.82) is 0 Å². The highest BCUT2D eigenvalue weighted by atomic mass is 35.5. The summed E-state index contributed by atoms with van der Waals surface area (Å²) < 4.78 is 7.06. The second kappa shape index (κ2) is 8.61. The van der Waals surface area contributed by atoms with Crippen LogP contribution >= 0.6 is 11.6 Å². The van der Waals surface area contributed by atoms with E-state index in [9.17, 15) is 9.59 Å². The molecule has 0 aliphatic carbocycles. The van der Waals surface area contributed by atoms with Gasteiger partial charge in [-0.2, -0.15) is 5.10 Å². The van der Waals surface area contributed by atoms with Crippen LogP contribution in [0.25, 0.3) is 5.65 Å². The fraction of sp³-hybridized carbons (Fsp3) is 0.333. The summed E-state index contributed by atoms with van der Waals surface area (Å²) in [5.41, 5.74) is 4.97. The van der Waals surface area contributed by atoms with E-state index in [1.165, 1.54) is 6.92 Å². The summed E-state index contributed by atoms with van der Waals surface area (Å²) in [6.07, 6.45) is -0.316. The molecule has 0 fully saturated rings. The smallest absolute Gasteiger partial charge is 0.306 e. The number of carbonyl (C=O) groups excluding carboxylic acids is 2. The fourth-order valence-corrected chi connectivity index (χ4v) is 3.34. The molecule has 0 bridgehead atoms. The van der Waals surface area contributed by atoms with Crippen molar-refractivity contribution in [3.63, 3.8) is 0 Å². The molecule has 0 aliphatic rings. The number of hydrogen-bond donors (Lipinski definition) is 1. The maximum atomic E-state index is 12.3. The van der Waals surface area contributed by atoms with Crippen molar-refractivity contribution in [3.8, 4) is 0 Å². The lowest BCUT2D eigenvalue weighted by Gasteiger charge is -2.14. The van der Waals surface area contributed by atoms with Gasteiger partial charge in [0.25, 0.3) is 5.91 Å². The maximum Gasteiger partial charge on any atom is 0.306 e. The summed E-state index contributed by atoms with van der Waals surface area (Å²) in [7, 11) is 0. The molecule has 7 nitrogen and oxygen atoms in total. The van der Waals surface area contributed by atoms with Crippen LogP contribution in [0.3, 0.4) is 0 Å². The molecule has 1 N–H and O–H groups in total. The van der Waals surface area contributed by atoms with E-state index in [0.29, 0.717) is 17.1 Å². The summed E-state index contributed by atoms with van der Waals surface area (Å²) in [5.74, 6) is -0.864. The fourth-order valence-electron chi connectivity index (χ4n) is 3.15. The van der Waals surface area contributed by atoms with Crippen molar-refractivity contribution >= 4 is 34.8 Å². The van der Waals surface area contributed by atoms with Crippen LogP contribution in [0.15, 0.2) is 30.3 Å². The Morgan fingerprint density at radius 1 is 1.24 bits per heavy atom. The third kappa shape index (κ3) is 4.92. The van der Waals surface area contributed by atoms with Gasteiger partial charge in [0.2, 0.25) is 0 Å². The summed E-state index contributed by atoms with van der Waals surface area (Å²) in [5, 5.41) is 7.63. The van der Waals surface area contributed by atoms with Gasteiger partial charge in [0, 0.05) is 34.6 Å². The number of carbonyl (C=O) groups is 2. The second-order valence-electron chi connectivity index (χ2n) is 6.95. The number of amides is 1. The van der Waals surface area contributed by atoms with Gasteiger partial charge in [0.05, 0.1) is 5.69 Å². The van der Waals surface area contributed by atoms with Crippen molar-refractivity contribution in [1.82, 2.24) is 14.6 Å². The first-order valence-corrected chi connectivity index (χ1v) is 9.70. The Kier molecular flexibility index (Phi) is 6.17. The number of aromatic nitrogens is 3. The van der Waals surface area contributed by atoms with Crippen LogP contribution in [0.5, 0.6) is 0 Å². The van der Waals surface area contributed by atoms with E-state index >= 15 is 0 Å². The number of benzene rings is 1. The van der Waals surface area contributed by atoms with Gasteiger partial charge in [-0.15, -0.1) is 0 Å². The van der Waals surface area contributed by atoms with Gasteiger partial charge in [0.15, 0.2) is 11.8 Å². The monoisotopic (exact) mass is 414 g/mol. The predicted molar refractivity (Wildman–Crippen MR) is 111 cm³/mol. The van der Waals surface area contributed by atoms with Crippen molar-refractivity contribution in [2.24, 2.45) is 0 Å². The Labute approximate surface area is 174 Å². The van der Waals surface area contributed by atoms with Crippen molar-refractivity contribution in [2.75, 3.05) is 5.32 Å². The van der Waals surface area contributed by atoms with Crippen LogP contribution in [0.2, 0.25) is 5.02 Å². The first-order valence-electron chi connectivity index (χ1n) is 9.33. The number of ether oxygens (including phenoxy) is 1. The molecule has 0 unspecified atom stereocenters. The van der Waals surface area contributed by atoms with Crippen LogP contribution in [0.1, 0.15) is 36.0 Å². The Morgan fingerprint density at radius 3 is 2.72 bits per heavy atom. The molecule has 3 aromatic rings. The number of hydrogen-bond acceptors (Lipinski definition) is 5. The average Bonchev–Trinajstić information content (AvgIpc) is 3.01. The van der Waals surface area contributed by atoms with Crippen LogP contribution in [-0.2, 0) is 20.7 Å². The van der Waals surface area contributed by atoms with Crippen molar-refractivity contribution in [3.05, 3.63) is 58.0 Å². The van der Waals surface area contributed by atoms with Gasteiger partial charge < -0.3 is 10.1 Å². The largest absolute Gasteiger partial charge is 0.453 e. The first-order chi connectivity index (χ1) is 13.7. The molecule has 1 aromatic carbocycles. The number of halogens is 1. The molecule has 0 aliphatic heterocycles. The maximum absolute atomic E-state index is 12.3. The quantitative estimate of drug-likeness (QED) is 0.620.